The van der Waals surface area contributed by atoms with Gasteiger partial charge in [0.15, 0.2) is 0 Å². The average Bonchev–Trinajstić information content (AvgIpc) is 2.84. The van der Waals surface area contributed by atoms with E-state index in [0.29, 0.717) is 22.6 Å². The number of para-hydroxylation sites is 1. The molecule has 1 aromatic carbocycles. The van der Waals surface area contributed by atoms with Crippen LogP contribution in [0.25, 0.3) is 10.9 Å². The summed E-state index contributed by atoms with van der Waals surface area (Å²) in [6.07, 6.45) is 2.55. The lowest BCUT2D eigenvalue weighted by Crippen LogP contribution is -2.22. The lowest BCUT2D eigenvalue weighted by molar-refractivity contribution is 0.0963. The zero-order chi connectivity index (χ0) is 18.2. The summed E-state index contributed by atoms with van der Waals surface area (Å²) in [5.41, 5.74) is 8.95. The Labute approximate surface area is 145 Å². The minimum atomic E-state index is -3.34. The Bertz CT molecular complexity index is 1070. The molecule has 0 aliphatic rings. The molecule has 0 atom stereocenters. The molecule has 0 fully saturated rings. The summed E-state index contributed by atoms with van der Waals surface area (Å²) in [5, 5.41) is 0.821. The Kier molecular flexibility index (Phi) is 4.32. The second-order valence-corrected chi connectivity index (χ2v) is 7.62. The molecule has 0 aliphatic carbocycles. The van der Waals surface area contributed by atoms with E-state index in [2.05, 4.69) is 9.71 Å². The van der Waals surface area contributed by atoms with Gasteiger partial charge in [0.25, 0.3) is 5.91 Å². The van der Waals surface area contributed by atoms with Crippen LogP contribution in [0.5, 0.6) is 0 Å². The molecule has 0 saturated carbocycles. The van der Waals surface area contributed by atoms with Gasteiger partial charge >= 0.3 is 0 Å². The largest absolute Gasteiger partial charge is 0.397 e. The van der Waals surface area contributed by atoms with Crippen LogP contribution in [0.1, 0.15) is 21.7 Å². The maximum absolute atomic E-state index is 13.0. The van der Waals surface area contributed by atoms with Crippen molar-refractivity contribution in [3.8, 4) is 0 Å². The lowest BCUT2D eigenvalue weighted by Gasteiger charge is -2.08. The number of nitrogen functional groups attached to an aromatic ring is 1. The standard InChI is InChI=1S/C17H18N4O3S/c1-11-16(18)14-5-3-4-6-15(14)21(11)17(22)12-7-8-19-13(9-12)10-20-25(2,23)24/h3-9,20H,10,18H2,1-2H3. The predicted octanol–water partition coefficient (Wildman–Crippen LogP) is 1.66. The number of hydrogen-bond donors (Lipinski definition) is 2. The third kappa shape index (κ3) is 3.40. The Hall–Kier alpha value is -2.71. The maximum Gasteiger partial charge on any atom is 0.262 e. The average molecular weight is 358 g/mol. The van der Waals surface area contributed by atoms with Crippen LogP contribution < -0.4 is 10.5 Å². The molecule has 0 radical (unpaired) electrons. The van der Waals surface area contributed by atoms with Crippen molar-refractivity contribution in [3.63, 3.8) is 0 Å². The molecule has 2 aromatic heterocycles. The number of pyridine rings is 1. The number of carbonyl (C=O) groups excluding carboxylic acids is 1. The number of nitrogens with zero attached hydrogens (tertiary/aromatic N) is 2. The first kappa shape index (κ1) is 17.1. The van der Waals surface area contributed by atoms with Gasteiger partial charge in [-0.05, 0) is 25.1 Å². The predicted molar refractivity (Wildman–Crippen MR) is 96.7 cm³/mol. The number of carbonyl (C=O) groups is 1. The van der Waals surface area contributed by atoms with Crippen molar-refractivity contribution in [2.24, 2.45) is 0 Å². The van der Waals surface area contributed by atoms with Crippen molar-refractivity contribution in [3.05, 3.63) is 59.5 Å². The Morgan fingerprint density at radius 2 is 2.00 bits per heavy atom. The molecule has 3 aromatic rings. The third-order valence-electron chi connectivity index (χ3n) is 3.94. The number of rotatable bonds is 4. The van der Waals surface area contributed by atoms with Gasteiger partial charge in [-0.2, -0.15) is 0 Å². The molecule has 0 aliphatic heterocycles. The van der Waals surface area contributed by atoms with Crippen molar-refractivity contribution >= 4 is 32.5 Å². The Balaban J connectivity index is 2.01. The van der Waals surface area contributed by atoms with Crippen LogP contribution in [0.3, 0.4) is 0 Å². The molecule has 3 rings (SSSR count). The monoisotopic (exact) mass is 358 g/mol. The highest BCUT2D eigenvalue weighted by atomic mass is 32.2. The molecule has 25 heavy (non-hydrogen) atoms. The van der Waals surface area contributed by atoms with Crippen molar-refractivity contribution in [1.29, 1.82) is 0 Å². The second-order valence-electron chi connectivity index (χ2n) is 5.79. The number of nitrogens with one attached hydrogen (secondary N) is 1. The van der Waals surface area contributed by atoms with Crippen molar-refractivity contribution < 1.29 is 13.2 Å². The smallest absolute Gasteiger partial charge is 0.262 e. The summed E-state index contributed by atoms with van der Waals surface area (Å²) < 4.78 is 26.4. The van der Waals surface area contributed by atoms with E-state index in [1.807, 2.05) is 24.3 Å². The molecule has 7 nitrogen and oxygen atoms in total. The molecule has 2 heterocycles. The highest BCUT2D eigenvalue weighted by Gasteiger charge is 2.18. The number of benzene rings is 1. The van der Waals surface area contributed by atoms with E-state index in [1.54, 1.807) is 23.6 Å². The minimum Gasteiger partial charge on any atom is -0.397 e. The number of sulfonamides is 1. The van der Waals surface area contributed by atoms with Gasteiger partial charge < -0.3 is 5.73 Å². The van der Waals surface area contributed by atoms with Gasteiger partial charge in [0, 0.05) is 22.8 Å². The summed E-state index contributed by atoms with van der Waals surface area (Å²) in [6.45, 7) is 1.81. The van der Waals surface area contributed by atoms with E-state index in [4.69, 9.17) is 5.73 Å². The SMILES string of the molecule is Cc1c(N)c2ccccc2n1C(=O)c1ccnc(CNS(C)(=O)=O)c1. The highest BCUT2D eigenvalue weighted by molar-refractivity contribution is 7.88. The van der Waals surface area contributed by atoms with E-state index in [-0.39, 0.29) is 12.5 Å². The number of aromatic nitrogens is 2. The first-order chi connectivity index (χ1) is 11.8. The highest BCUT2D eigenvalue weighted by Crippen LogP contribution is 2.28. The van der Waals surface area contributed by atoms with Crippen molar-refractivity contribution in [1.82, 2.24) is 14.3 Å². The van der Waals surface area contributed by atoms with E-state index < -0.39 is 10.0 Å². The van der Waals surface area contributed by atoms with Gasteiger partial charge in [0.2, 0.25) is 10.0 Å². The van der Waals surface area contributed by atoms with Gasteiger partial charge in [-0.15, -0.1) is 0 Å². The first-order valence-corrected chi connectivity index (χ1v) is 9.47. The maximum atomic E-state index is 13.0. The molecule has 0 saturated heterocycles. The molecule has 3 N–H and O–H groups in total. The van der Waals surface area contributed by atoms with Crippen LogP contribution in [0.2, 0.25) is 0 Å². The number of fused-ring (bicyclic) bond motifs is 1. The molecular weight excluding hydrogens is 340 g/mol. The quantitative estimate of drug-likeness (QED) is 0.738. The Morgan fingerprint density at radius 1 is 1.28 bits per heavy atom. The van der Waals surface area contributed by atoms with Crippen LogP contribution in [-0.4, -0.2) is 30.1 Å². The van der Waals surface area contributed by atoms with E-state index in [0.717, 1.165) is 17.2 Å². The zero-order valence-corrected chi connectivity index (χ0v) is 14.7. The fourth-order valence-corrected chi connectivity index (χ4v) is 3.11. The summed E-state index contributed by atoms with van der Waals surface area (Å²) in [4.78, 5) is 17.1. The van der Waals surface area contributed by atoms with Gasteiger partial charge in [-0.1, -0.05) is 18.2 Å². The molecule has 8 heteroatoms. The van der Waals surface area contributed by atoms with E-state index >= 15 is 0 Å². The normalized spacial score (nSPS) is 11.8. The number of hydrogen-bond acceptors (Lipinski definition) is 5. The molecule has 0 bridgehead atoms. The fourth-order valence-electron chi connectivity index (χ4n) is 2.70. The van der Waals surface area contributed by atoms with Crippen LogP contribution in [-0.2, 0) is 16.6 Å². The fraction of sp³-hybridized carbons (Fsp3) is 0.176. The topological polar surface area (TPSA) is 107 Å². The first-order valence-electron chi connectivity index (χ1n) is 7.57. The molecule has 0 unspecified atom stereocenters. The third-order valence-corrected chi connectivity index (χ3v) is 4.61. The van der Waals surface area contributed by atoms with Crippen molar-refractivity contribution in [2.75, 3.05) is 12.0 Å². The zero-order valence-electron chi connectivity index (χ0n) is 13.9. The molecule has 0 spiro atoms. The second kappa shape index (κ2) is 6.30. The number of nitrogens with two attached hydrogens (primary N) is 1. The summed E-state index contributed by atoms with van der Waals surface area (Å²) in [6, 6.07) is 10.6. The van der Waals surface area contributed by atoms with Crippen LogP contribution in [0.4, 0.5) is 5.69 Å². The summed E-state index contributed by atoms with van der Waals surface area (Å²) >= 11 is 0. The van der Waals surface area contributed by atoms with Gasteiger partial charge in [-0.25, -0.2) is 13.1 Å². The minimum absolute atomic E-state index is 0.0213. The Morgan fingerprint density at radius 3 is 2.72 bits per heavy atom. The van der Waals surface area contributed by atoms with E-state index in [1.165, 1.54) is 6.20 Å². The number of anilines is 1. The lowest BCUT2D eigenvalue weighted by atomic mass is 10.2. The summed E-state index contributed by atoms with van der Waals surface area (Å²) in [7, 11) is -3.34. The van der Waals surface area contributed by atoms with E-state index in [9.17, 15) is 13.2 Å². The molecule has 0 amide bonds. The van der Waals surface area contributed by atoms with Gasteiger partial charge in [-0.3, -0.25) is 14.3 Å². The van der Waals surface area contributed by atoms with Crippen molar-refractivity contribution in [2.45, 2.75) is 13.5 Å². The summed E-state index contributed by atoms with van der Waals surface area (Å²) in [5.74, 6) is -0.242. The molecular formula is C17H18N4O3S. The van der Waals surface area contributed by atoms with Gasteiger partial charge in [0.05, 0.1) is 29.7 Å². The van der Waals surface area contributed by atoms with Crippen LogP contribution >= 0.6 is 0 Å². The van der Waals surface area contributed by atoms with Gasteiger partial charge in [0.1, 0.15) is 0 Å². The van der Waals surface area contributed by atoms with Crippen LogP contribution in [0.15, 0.2) is 42.6 Å². The van der Waals surface area contributed by atoms with Crippen LogP contribution in [0, 0.1) is 6.92 Å². The molecule has 130 valence electrons.